The normalized spacial score (nSPS) is 12.9. The predicted octanol–water partition coefficient (Wildman–Crippen LogP) is 5.64. The molecule has 7 heteroatoms. The summed E-state index contributed by atoms with van der Waals surface area (Å²) in [5.41, 5.74) is 13.0. The average molecular weight is 457 g/mol. The number of nitrogens with two attached hydrogens (primary N) is 1. The molecule has 6 nitrogen and oxygen atoms in total. The van der Waals surface area contributed by atoms with Crippen LogP contribution in [-0.4, -0.2) is 16.8 Å². The van der Waals surface area contributed by atoms with Gasteiger partial charge in [0, 0.05) is 29.4 Å². The van der Waals surface area contributed by atoms with Gasteiger partial charge in [-0.2, -0.15) is 0 Å². The maximum absolute atomic E-state index is 13.2. The van der Waals surface area contributed by atoms with Crippen LogP contribution in [0.25, 0.3) is 21.3 Å². The van der Waals surface area contributed by atoms with Crippen molar-refractivity contribution in [2.24, 2.45) is 0 Å². The maximum Gasteiger partial charge on any atom is 0.267 e. The molecule has 4 aromatic rings. The van der Waals surface area contributed by atoms with E-state index in [1.807, 2.05) is 18.2 Å². The molecule has 2 aromatic heterocycles. The Morgan fingerprint density at radius 3 is 2.30 bits per heavy atom. The van der Waals surface area contributed by atoms with Gasteiger partial charge in [-0.05, 0) is 66.6 Å². The van der Waals surface area contributed by atoms with Crippen molar-refractivity contribution in [1.29, 1.82) is 0 Å². The summed E-state index contributed by atoms with van der Waals surface area (Å²) in [5, 5.41) is 6.51. The van der Waals surface area contributed by atoms with Crippen molar-refractivity contribution >= 4 is 50.4 Å². The lowest BCUT2D eigenvalue weighted by molar-refractivity contribution is -0.114. The minimum absolute atomic E-state index is 0.144. The molecule has 1 aliphatic carbocycles. The van der Waals surface area contributed by atoms with Gasteiger partial charge in [0.15, 0.2) is 0 Å². The number of nitrogens with zero attached hydrogens (tertiary/aromatic N) is 1. The smallest absolute Gasteiger partial charge is 0.267 e. The van der Waals surface area contributed by atoms with Gasteiger partial charge in [-0.25, -0.2) is 4.98 Å². The second-order valence-electron chi connectivity index (χ2n) is 8.22. The third kappa shape index (κ3) is 4.07. The summed E-state index contributed by atoms with van der Waals surface area (Å²) < 4.78 is 0. The van der Waals surface area contributed by atoms with E-state index < -0.39 is 0 Å². The third-order valence-electron chi connectivity index (χ3n) is 5.89. The molecule has 4 N–H and O–H groups in total. The topological polar surface area (TPSA) is 97.1 Å². The van der Waals surface area contributed by atoms with Crippen LogP contribution in [0.3, 0.4) is 0 Å². The molecule has 2 heterocycles. The fraction of sp³-hybridized carbons (Fsp3) is 0.192. The number of aryl methyl sites for hydroxylation is 1. The number of aromatic nitrogens is 1. The summed E-state index contributed by atoms with van der Waals surface area (Å²) in [6.07, 6.45) is 4.18. The number of thiophene rings is 1. The van der Waals surface area contributed by atoms with Crippen LogP contribution in [0.1, 0.15) is 40.7 Å². The lowest BCUT2D eigenvalue weighted by Gasteiger charge is -2.20. The molecular weight excluding hydrogens is 432 g/mol. The highest BCUT2D eigenvalue weighted by Crippen LogP contribution is 2.43. The zero-order chi connectivity index (χ0) is 22.9. The second-order valence-corrected chi connectivity index (χ2v) is 9.22. The van der Waals surface area contributed by atoms with Crippen molar-refractivity contribution in [1.82, 2.24) is 4.98 Å². The van der Waals surface area contributed by atoms with Crippen molar-refractivity contribution in [2.45, 2.75) is 32.6 Å². The van der Waals surface area contributed by atoms with Gasteiger partial charge in [-0.15, -0.1) is 11.3 Å². The molecule has 0 atom stereocenters. The number of nitrogen functional groups attached to an aromatic ring is 1. The number of carbonyl (C=O) groups excluding carboxylic acids is 2. The van der Waals surface area contributed by atoms with Crippen molar-refractivity contribution in [2.75, 3.05) is 16.4 Å². The number of fused-ring (bicyclic) bond motifs is 2. The van der Waals surface area contributed by atoms with Crippen molar-refractivity contribution < 1.29 is 9.59 Å². The Kier molecular flexibility index (Phi) is 5.56. The molecule has 33 heavy (non-hydrogen) atoms. The van der Waals surface area contributed by atoms with Crippen LogP contribution in [0.4, 0.5) is 17.1 Å². The highest BCUT2D eigenvalue weighted by Gasteiger charge is 2.25. The van der Waals surface area contributed by atoms with E-state index in [2.05, 4.69) is 22.8 Å². The molecule has 0 radical (unpaired) electrons. The zero-order valence-electron chi connectivity index (χ0n) is 18.3. The Balaban J connectivity index is 1.55. The molecule has 0 bridgehead atoms. The number of nitrogens with one attached hydrogen (secondary N) is 2. The number of pyridine rings is 1. The van der Waals surface area contributed by atoms with Gasteiger partial charge in [0.05, 0.1) is 5.69 Å². The van der Waals surface area contributed by atoms with Gasteiger partial charge in [0.25, 0.3) is 5.91 Å². The Morgan fingerprint density at radius 2 is 1.61 bits per heavy atom. The van der Waals surface area contributed by atoms with E-state index >= 15 is 0 Å². The average Bonchev–Trinajstić information content (AvgIpc) is 3.15. The first-order valence-corrected chi connectivity index (χ1v) is 11.8. The Labute approximate surface area is 195 Å². The first-order valence-electron chi connectivity index (χ1n) is 11.0. The van der Waals surface area contributed by atoms with Gasteiger partial charge in [0.1, 0.15) is 9.71 Å². The lowest BCUT2D eigenvalue weighted by atomic mass is 9.87. The van der Waals surface area contributed by atoms with E-state index in [-0.39, 0.29) is 11.8 Å². The Morgan fingerprint density at radius 1 is 0.939 bits per heavy atom. The van der Waals surface area contributed by atoms with E-state index in [0.717, 1.165) is 52.7 Å². The summed E-state index contributed by atoms with van der Waals surface area (Å²) in [7, 11) is 0. The van der Waals surface area contributed by atoms with Gasteiger partial charge in [0.2, 0.25) is 5.91 Å². The van der Waals surface area contributed by atoms with Crippen LogP contribution in [0, 0.1) is 0 Å². The van der Waals surface area contributed by atoms with E-state index in [0.29, 0.717) is 21.9 Å². The van der Waals surface area contributed by atoms with E-state index in [9.17, 15) is 9.59 Å². The molecule has 1 aliphatic rings. The van der Waals surface area contributed by atoms with Gasteiger partial charge in [-0.1, -0.05) is 30.3 Å². The van der Waals surface area contributed by atoms with Gasteiger partial charge >= 0.3 is 0 Å². The van der Waals surface area contributed by atoms with E-state index in [1.165, 1.54) is 23.8 Å². The minimum atomic E-state index is -0.264. The summed E-state index contributed by atoms with van der Waals surface area (Å²) in [4.78, 5) is 30.6. The van der Waals surface area contributed by atoms with Gasteiger partial charge < -0.3 is 16.4 Å². The van der Waals surface area contributed by atoms with Crippen molar-refractivity contribution in [3.8, 4) is 11.1 Å². The van der Waals surface area contributed by atoms with Crippen LogP contribution < -0.4 is 16.4 Å². The van der Waals surface area contributed by atoms with Crippen LogP contribution in [0.15, 0.2) is 54.6 Å². The highest BCUT2D eigenvalue weighted by atomic mass is 32.1. The number of anilines is 3. The first-order chi connectivity index (χ1) is 16.0. The third-order valence-corrected chi connectivity index (χ3v) is 6.98. The van der Waals surface area contributed by atoms with Crippen molar-refractivity contribution in [3.63, 3.8) is 0 Å². The number of benzene rings is 2. The monoisotopic (exact) mass is 456 g/mol. The Hall–Kier alpha value is -3.71. The van der Waals surface area contributed by atoms with Gasteiger partial charge in [-0.3, -0.25) is 9.59 Å². The number of carbonyl (C=O) groups is 2. The van der Waals surface area contributed by atoms with E-state index in [1.54, 1.807) is 24.3 Å². The second kappa shape index (κ2) is 8.67. The molecule has 0 fully saturated rings. The first kappa shape index (κ1) is 21.2. The number of hydrogen-bond donors (Lipinski definition) is 3. The maximum atomic E-state index is 13.2. The zero-order valence-corrected chi connectivity index (χ0v) is 19.1. The SMILES string of the molecule is CC(=O)Nc1ccc(NC(=O)c2sc3nc4c(c(-c5ccccc5)c3c2N)CCCC4)cc1. The number of hydrogen-bond acceptors (Lipinski definition) is 5. The van der Waals surface area contributed by atoms with Crippen LogP contribution in [-0.2, 0) is 17.6 Å². The molecule has 2 amide bonds. The van der Waals surface area contributed by atoms with Crippen molar-refractivity contribution in [3.05, 3.63) is 70.7 Å². The molecule has 166 valence electrons. The fourth-order valence-corrected chi connectivity index (χ4v) is 5.45. The molecule has 2 aromatic carbocycles. The molecule has 0 saturated carbocycles. The quantitative estimate of drug-likeness (QED) is 0.370. The summed E-state index contributed by atoms with van der Waals surface area (Å²) in [6.45, 7) is 1.45. The molecule has 0 unspecified atom stereocenters. The summed E-state index contributed by atoms with van der Waals surface area (Å²) >= 11 is 1.34. The predicted molar refractivity (Wildman–Crippen MR) is 135 cm³/mol. The minimum Gasteiger partial charge on any atom is -0.397 e. The molecule has 5 rings (SSSR count). The van der Waals surface area contributed by atoms with Crippen LogP contribution in [0.2, 0.25) is 0 Å². The summed E-state index contributed by atoms with van der Waals surface area (Å²) in [5.74, 6) is -0.408. The van der Waals surface area contributed by atoms with E-state index in [4.69, 9.17) is 10.7 Å². The van der Waals surface area contributed by atoms with Crippen LogP contribution in [0.5, 0.6) is 0 Å². The number of rotatable bonds is 4. The number of amides is 2. The fourth-order valence-electron chi connectivity index (χ4n) is 4.43. The lowest BCUT2D eigenvalue weighted by Crippen LogP contribution is -2.12. The molecule has 0 saturated heterocycles. The largest absolute Gasteiger partial charge is 0.397 e. The standard InChI is InChI=1S/C26H24N4O2S/c1-15(31)28-17-11-13-18(14-12-17)29-25(32)24-23(27)22-21(16-7-3-2-4-8-16)19-9-5-6-10-20(19)30-26(22)33-24/h2-4,7-8,11-14H,5-6,9-10,27H2,1H3,(H,28,31)(H,29,32). The molecular formula is C26H24N4O2S. The Bertz CT molecular complexity index is 1360. The molecule has 0 aliphatic heterocycles. The highest BCUT2D eigenvalue weighted by molar-refractivity contribution is 7.21. The van der Waals surface area contributed by atoms with Crippen LogP contribution >= 0.6 is 11.3 Å². The summed E-state index contributed by atoms with van der Waals surface area (Å²) in [6, 6.07) is 17.2. The molecule has 0 spiro atoms.